The van der Waals surface area contributed by atoms with Gasteiger partial charge in [0.1, 0.15) is 0 Å². The van der Waals surface area contributed by atoms with Crippen LogP contribution in [-0.2, 0) is 26.3 Å². The summed E-state index contributed by atoms with van der Waals surface area (Å²) in [5.41, 5.74) is 10.8. The van der Waals surface area contributed by atoms with Gasteiger partial charge >= 0.3 is 0 Å². The summed E-state index contributed by atoms with van der Waals surface area (Å²) in [6.07, 6.45) is 2.44. The van der Waals surface area contributed by atoms with Crippen molar-refractivity contribution in [3.05, 3.63) is 51.8 Å². The van der Waals surface area contributed by atoms with Crippen LogP contribution in [-0.4, -0.2) is 15.8 Å². The van der Waals surface area contributed by atoms with Gasteiger partial charge in [-0.25, -0.2) is 0 Å². The van der Waals surface area contributed by atoms with Crippen molar-refractivity contribution in [1.82, 2.24) is 9.78 Å². The van der Waals surface area contributed by atoms with E-state index in [0.29, 0.717) is 0 Å². The van der Waals surface area contributed by atoms with Crippen molar-refractivity contribution in [2.24, 2.45) is 12.8 Å². The number of hydrogen-bond acceptors (Lipinski definition) is 2. The largest absolute Gasteiger partial charge is 0.327 e. The summed E-state index contributed by atoms with van der Waals surface area (Å²) < 4.78 is 1.86. The quantitative estimate of drug-likeness (QED) is 0.920. The maximum absolute atomic E-state index is 6.36. The lowest BCUT2D eigenvalue weighted by atomic mass is 10.0. The second kappa shape index (κ2) is 6.42. The van der Waals surface area contributed by atoms with Crippen LogP contribution in [0.4, 0.5) is 0 Å². The number of nitrogens with zero attached hydrogens (tertiary/aromatic N) is 2. The minimum atomic E-state index is 0.0512. The monoisotopic (exact) mass is 291 g/mol. The average molecular weight is 292 g/mol. The lowest BCUT2D eigenvalue weighted by Gasteiger charge is -2.12. The van der Waals surface area contributed by atoms with E-state index >= 15 is 0 Å². The van der Waals surface area contributed by atoms with E-state index in [1.165, 1.54) is 11.1 Å². The Balaban J connectivity index is 2.06. The molecule has 1 heterocycles. The lowest BCUT2D eigenvalue weighted by Crippen LogP contribution is -2.26. The molecule has 20 heavy (non-hydrogen) atoms. The van der Waals surface area contributed by atoms with Gasteiger partial charge in [0.15, 0.2) is 0 Å². The molecule has 3 nitrogen and oxygen atoms in total. The molecule has 2 aromatic rings. The van der Waals surface area contributed by atoms with Crippen LogP contribution >= 0.6 is 11.6 Å². The van der Waals surface area contributed by atoms with Crippen LogP contribution in [0, 0.1) is 6.92 Å². The van der Waals surface area contributed by atoms with Crippen molar-refractivity contribution in [2.45, 2.75) is 39.2 Å². The summed E-state index contributed by atoms with van der Waals surface area (Å²) >= 11 is 6.36. The number of rotatable bonds is 5. The third-order valence-electron chi connectivity index (χ3n) is 3.58. The molecule has 0 saturated carbocycles. The van der Waals surface area contributed by atoms with E-state index in [-0.39, 0.29) is 6.04 Å². The molecule has 108 valence electrons. The summed E-state index contributed by atoms with van der Waals surface area (Å²) in [4.78, 5) is 0. The van der Waals surface area contributed by atoms with E-state index in [0.717, 1.165) is 35.7 Å². The molecule has 1 atom stereocenters. The number of nitrogens with two attached hydrogens (primary N) is 1. The smallest absolute Gasteiger partial charge is 0.0850 e. The third kappa shape index (κ3) is 3.41. The molecular weight excluding hydrogens is 270 g/mol. The number of aromatic nitrogens is 2. The number of halogens is 1. The summed E-state index contributed by atoms with van der Waals surface area (Å²) in [5.74, 6) is 0. The molecule has 2 N–H and O–H groups in total. The molecule has 0 amide bonds. The van der Waals surface area contributed by atoms with Crippen molar-refractivity contribution >= 4 is 11.6 Å². The van der Waals surface area contributed by atoms with Gasteiger partial charge in [-0.3, -0.25) is 4.68 Å². The molecule has 1 aromatic heterocycles. The maximum Gasteiger partial charge on any atom is 0.0850 e. The number of aryl methyl sites for hydroxylation is 3. The molecular formula is C16H22ClN3. The van der Waals surface area contributed by atoms with Gasteiger partial charge in [0.05, 0.1) is 16.4 Å². The van der Waals surface area contributed by atoms with Crippen LogP contribution in [0.1, 0.15) is 29.4 Å². The number of benzene rings is 1. The van der Waals surface area contributed by atoms with Gasteiger partial charge in [-0.05, 0) is 25.3 Å². The molecule has 1 unspecified atom stereocenters. The molecule has 0 spiro atoms. The van der Waals surface area contributed by atoms with Crippen molar-refractivity contribution in [3.63, 3.8) is 0 Å². The molecule has 0 bridgehead atoms. The summed E-state index contributed by atoms with van der Waals surface area (Å²) in [5, 5.41) is 5.20. The molecule has 0 saturated heterocycles. The van der Waals surface area contributed by atoms with E-state index in [1.54, 1.807) is 0 Å². The zero-order valence-electron chi connectivity index (χ0n) is 12.4. The SMILES string of the molecule is CCc1nn(C)c(CC(N)Cc2ccc(C)cc2)c1Cl. The lowest BCUT2D eigenvalue weighted by molar-refractivity contribution is 0.611. The molecule has 0 aliphatic rings. The van der Waals surface area contributed by atoms with Crippen LogP contribution < -0.4 is 5.73 Å². The van der Waals surface area contributed by atoms with Gasteiger partial charge in [0.25, 0.3) is 0 Å². The first-order chi connectivity index (χ1) is 9.51. The molecule has 0 aliphatic carbocycles. The van der Waals surface area contributed by atoms with Crippen LogP contribution in [0.15, 0.2) is 24.3 Å². The molecule has 0 radical (unpaired) electrons. The van der Waals surface area contributed by atoms with Gasteiger partial charge < -0.3 is 5.73 Å². The maximum atomic E-state index is 6.36. The normalized spacial score (nSPS) is 12.7. The van der Waals surface area contributed by atoms with E-state index in [9.17, 15) is 0 Å². The van der Waals surface area contributed by atoms with E-state index in [1.807, 2.05) is 11.7 Å². The Bertz CT molecular complexity index is 572. The second-order valence-corrected chi connectivity index (χ2v) is 5.72. The van der Waals surface area contributed by atoms with Gasteiger partial charge in [-0.1, -0.05) is 48.4 Å². The predicted molar refractivity (Wildman–Crippen MR) is 84.2 cm³/mol. The molecule has 4 heteroatoms. The molecule has 1 aromatic carbocycles. The second-order valence-electron chi connectivity index (χ2n) is 5.34. The van der Waals surface area contributed by atoms with E-state index < -0.39 is 0 Å². The zero-order chi connectivity index (χ0) is 14.7. The van der Waals surface area contributed by atoms with Gasteiger partial charge in [-0.15, -0.1) is 0 Å². The first-order valence-electron chi connectivity index (χ1n) is 7.02. The summed E-state index contributed by atoms with van der Waals surface area (Å²) in [6.45, 7) is 4.15. The van der Waals surface area contributed by atoms with Gasteiger partial charge in [0, 0.05) is 19.5 Å². The first-order valence-corrected chi connectivity index (χ1v) is 7.40. The van der Waals surface area contributed by atoms with Crippen molar-refractivity contribution in [3.8, 4) is 0 Å². The molecule has 0 fully saturated rings. The van der Waals surface area contributed by atoms with E-state index in [4.69, 9.17) is 17.3 Å². The Morgan fingerprint density at radius 3 is 2.45 bits per heavy atom. The van der Waals surface area contributed by atoms with Gasteiger partial charge in [-0.2, -0.15) is 5.10 Å². The molecule has 0 aliphatic heterocycles. The Hall–Kier alpha value is -1.32. The Kier molecular flexibility index (Phi) is 4.84. The Labute approximate surface area is 125 Å². The van der Waals surface area contributed by atoms with Crippen LogP contribution in [0.3, 0.4) is 0 Å². The first kappa shape index (κ1) is 15.1. The fourth-order valence-corrected chi connectivity index (χ4v) is 2.76. The topological polar surface area (TPSA) is 43.8 Å². The fourth-order valence-electron chi connectivity index (χ4n) is 2.39. The van der Waals surface area contributed by atoms with Crippen molar-refractivity contribution in [2.75, 3.05) is 0 Å². The summed E-state index contributed by atoms with van der Waals surface area (Å²) in [7, 11) is 1.93. The van der Waals surface area contributed by atoms with Crippen molar-refractivity contribution in [1.29, 1.82) is 0 Å². The van der Waals surface area contributed by atoms with Gasteiger partial charge in [0.2, 0.25) is 0 Å². The standard InChI is InChI=1S/C16H22ClN3/c1-4-14-16(17)15(20(3)19-14)10-13(18)9-12-7-5-11(2)6-8-12/h5-8,13H,4,9-10,18H2,1-3H3. The fraction of sp³-hybridized carbons (Fsp3) is 0.438. The van der Waals surface area contributed by atoms with Crippen LogP contribution in [0.25, 0.3) is 0 Å². The third-order valence-corrected chi connectivity index (χ3v) is 4.01. The number of hydrogen-bond donors (Lipinski definition) is 1. The Morgan fingerprint density at radius 1 is 1.25 bits per heavy atom. The zero-order valence-corrected chi connectivity index (χ0v) is 13.1. The predicted octanol–water partition coefficient (Wildman–Crippen LogP) is 3.06. The van der Waals surface area contributed by atoms with E-state index in [2.05, 4.69) is 43.2 Å². The molecule has 2 rings (SSSR count). The highest BCUT2D eigenvalue weighted by Crippen LogP contribution is 2.22. The van der Waals surface area contributed by atoms with Crippen molar-refractivity contribution < 1.29 is 0 Å². The summed E-state index contributed by atoms with van der Waals surface area (Å²) in [6, 6.07) is 8.56. The minimum absolute atomic E-state index is 0.0512. The highest BCUT2D eigenvalue weighted by molar-refractivity contribution is 6.31. The minimum Gasteiger partial charge on any atom is -0.327 e. The highest BCUT2D eigenvalue weighted by Gasteiger charge is 2.16. The highest BCUT2D eigenvalue weighted by atomic mass is 35.5. The Morgan fingerprint density at radius 2 is 1.90 bits per heavy atom. The van der Waals surface area contributed by atoms with Crippen LogP contribution in [0.5, 0.6) is 0 Å². The van der Waals surface area contributed by atoms with Crippen LogP contribution in [0.2, 0.25) is 5.02 Å². The average Bonchev–Trinajstić information content (AvgIpc) is 2.69.